The Balaban J connectivity index is 0.000000213. The first-order chi connectivity index (χ1) is 14.4. The van der Waals surface area contributed by atoms with Gasteiger partial charge < -0.3 is 0 Å². The standard InChI is InChI=1S/2C15H23.Zr/c2*1-11(2)14-9-8-12(3)10-15(14)13-6-4-5-7-13;/h2*4,6,11-12,14-15H,5,8-10H2,1-3H3;/q2*-1;+2. The van der Waals surface area contributed by atoms with E-state index in [1.54, 1.807) is 0 Å². The number of hydrogen-bond acceptors (Lipinski definition) is 0. The maximum absolute atomic E-state index is 3.54. The Morgan fingerprint density at radius 1 is 0.677 bits per heavy atom. The van der Waals surface area contributed by atoms with Gasteiger partial charge in [-0.2, -0.15) is 12.2 Å². The van der Waals surface area contributed by atoms with E-state index >= 15 is 0 Å². The molecule has 0 heterocycles. The Labute approximate surface area is 213 Å². The van der Waals surface area contributed by atoms with Gasteiger partial charge in [0.1, 0.15) is 0 Å². The summed E-state index contributed by atoms with van der Waals surface area (Å²) in [5.74, 6) is 6.86. The van der Waals surface area contributed by atoms with Crippen LogP contribution in [0.5, 0.6) is 0 Å². The summed E-state index contributed by atoms with van der Waals surface area (Å²) < 4.78 is 0. The Kier molecular flexibility index (Phi) is 11.3. The third-order valence-corrected chi connectivity index (χ3v) is 8.29. The van der Waals surface area contributed by atoms with Crippen molar-refractivity contribution >= 4 is 0 Å². The molecule has 4 aliphatic carbocycles. The van der Waals surface area contributed by atoms with Crippen LogP contribution in [0.3, 0.4) is 0 Å². The van der Waals surface area contributed by atoms with E-state index in [-0.39, 0.29) is 26.2 Å². The van der Waals surface area contributed by atoms with Gasteiger partial charge in [0.25, 0.3) is 0 Å². The zero-order valence-corrected chi connectivity index (χ0v) is 23.5. The van der Waals surface area contributed by atoms with E-state index in [4.69, 9.17) is 0 Å². The van der Waals surface area contributed by atoms with Gasteiger partial charge in [-0.3, -0.25) is 12.2 Å². The van der Waals surface area contributed by atoms with Crippen LogP contribution in [0.15, 0.2) is 35.5 Å². The predicted octanol–water partition coefficient (Wildman–Crippen LogP) is 8.77. The number of rotatable bonds is 4. The normalized spacial score (nSPS) is 34.8. The quantitative estimate of drug-likeness (QED) is 0.340. The summed E-state index contributed by atoms with van der Waals surface area (Å²) in [6, 6.07) is 0. The molecule has 0 aromatic carbocycles. The molecule has 0 saturated heterocycles. The molecule has 2 fully saturated rings. The molecule has 0 aromatic heterocycles. The van der Waals surface area contributed by atoms with E-state index in [1.807, 2.05) is 0 Å². The van der Waals surface area contributed by atoms with Gasteiger partial charge in [0.05, 0.1) is 0 Å². The van der Waals surface area contributed by atoms with Crippen molar-refractivity contribution in [1.82, 2.24) is 0 Å². The van der Waals surface area contributed by atoms with Gasteiger partial charge >= 0.3 is 26.2 Å². The minimum Gasteiger partial charge on any atom is -0.269 e. The average molecular weight is 498 g/mol. The SMILES string of the molecule is CC1CCC(C(C)C)C(C2=[C-]CC=C2)C1.CC1CCC(C(C)C)C(C2=[C-]CC=C2)C1.[Zr+2]. The fourth-order valence-electron chi connectivity index (χ4n) is 6.47. The molecule has 4 rings (SSSR count). The van der Waals surface area contributed by atoms with Crippen LogP contribution in [0, 0.1) is 59.5 Å². The Hall–Kier alpha value is -0.157. The second kappa shape index (κ2) is 12.9. The van der Waals surface area contributed by atoms with Gasteiger partial charge in [-0.05, 0) is 73.0 Å². The number of allylic oxidation sites excluding steroid dienone is 8. The van der Waals surface area contributed by atoms with Crippen LogP contribution in [0.1, 0.15) is 92.9 Å². The summed E-state index contributed by atoms with van der Waals surface area (Å²) in [6.45, 7) is 14.3. The predicted molar refractivity (Wildman–Crippen MR) is 131 cm³/mol. The van der Waals surface area contributed by atoms with Crippen LogP contribution in [0.2, 0.25) is 0 Å². The van der Waals surface area contributed by atoms with E-state index in [0.717, 1.165) is 60.2 Å². The Morgan fingerprint density at radius 2 is 1.06 bits per heavy atom. The average Bonchev–Trinajstić information content (AvgIpc) is 3.42. The first kappa shape index (κ1) is 27.1. The van der Waals surface area contributed by atoms with Crippen LogP contribution < -0.4 is 0 Å². The fraction of sp³-hybridized carbons (Fsp3) is 0.733. The molecule has 0 aromatic rings. The van der Waals surface area contributed by atoms with E-state index in [9.17, 15) is 0 Å². The summed E-state index contributed by atoms with van der Waals surface area (Å²) in [5.41, 5.74) is 3.03. The fourth-order valence-corrected chi connectivity index (χ4v) is 6.47. The molecule has 6 atom stereocenters. The van der Waals surface area contributed by atoms with E-state index < -0.39 is 0 Å². The van der Waals surface area contributed by atoms with Gasteiger partial charge in [-0.15, -0.1) is 12.8 Å². The maximum atomic E-state index is 3.54. The number of hydrogen-bond donors (Lipinski definition) is 0. The van der Waals surface area contributed by atoms with Crippen molar-refractivity contribution in [2.24, 2.45) is 47.3 Å². The molecule has 0 radical (unpaired) electrons. The summed E-state index contributed by atoms with van der Waals surface area (Å²) in [7, 11) is 0. The summed E-state index contributed by atoms with van der Waals surface area (Å²) >= 11 is 0. The van der Waals surface area contributed by atoms with Crippen LogP contribution in [0.25, 0.3) is 0 Å². The van der Waals surface area contributed by atoms with Crippen LogP contribution >= 0.6 is 0 Å². The molecule has 0 bridgehead atoms. The molecule has 0 nitrogen and oxygen atoms in total. The van der Waals surface area contributed by atoms with Crippen LogP contribution in [0.4, 0.5) is 0 Å². The van der Waals surface area contributed by atoms with Crippen molar-refractivity contribution < 1.29 is 26.2 Å². The molecular weight excluding hydrogens is 452 g/mol. The molecule has 170 valence electrons. The zero-order chi connectivity index (χ0) is 21.7. The third kappa shape index (κ3) is 7.42. The molecule has 6 unspecified atom stereocenters. The molecule has 0 amide bonds. The molecule has 31 heavy (non-hydrogen) atoms. The van der Waals surface area contributed by atoms with Crippen molar-refractivity contribution in [1.29, 1.82) is 0 Å². The van der Waals surface area contributed by atoms with E-state index in [1.165, 1.54) is 49.7 Å². The van der Waals surface area contributed by atoms with E-state index in [0.29, 0.717) is 0 Å². The molecule has 0 aliphatic heterocycles. The van der Waals surface area contributed by atoms with Crippen LogP contribution in [-0.2, 0) is 26.2 Å². The van der Waals surface area contributed by atoms with Crippen LogP contribution in [-0.4, -0.2) is 0 Å². The first-order valence-electron chi connectivity index (χ1n) is 12.9. The molecule has 4 aliphatic rings. The topological polar surface area (TPSA) is 0 Å². The first-order valence-corrected chi connectivity index (χ1v) is 12.9. The summed E-state index contributed by atoms with van der Waals surface area (Å²) in [6.07, 6.45) is 26.8. The monoisotopic (exact) mass is 496 g/mol. The summed E-state index contributed by atoms with van der Waals surface area (Å²) in [4.78, 5) is 0. The second-order valence-electron chi connectivity index (χ2n) is 11.3. The van der Waals surface area contributed by atoms with Gasteiger partial charge in [0.2, 0.25) is 0 Å². The van der Waals surface area contributed by atoms with Gasteiger partial charge in [0.15, 0.2) is 0 Å². The van der Waals surface area contributed by atoms with Crippen molar-refractivity contribution in [3.63, 3.8) is 0 Å². The molecule has 1 heteroatoms. The Bertz CT molecular complexity index is 604. The minimum atomic E-state index is 0. The van der Waals surface area contributed by atoms with E-state index in [2.05, 4.69) is 78.0 Å². The second-order valence-corrected chi connectivity index (χ2v) is 11.3. The van der Waals surface area contributed by atoms with Crippen molar-refractivity contribution in [2.45, 2.75) is 92.9 Å². The van der Waals surface area contributed by atoms with Crippen molar-refractivity contribution in [3.8, 4) is 0 Å². The zero-order valence-electron chi connectivity index (χ0n) is 21.1. The molecule has 0 N–H and O–H groups in total. The van der Waals surface area contributed by atoms with Crippen molar-refractivity contribution in [3.05, 3.63) is 47.6 Å². The molecular formula is C30H46Zr. The Morgan fingerprint density at radius 3 is 1.35 bits per heavy atom. The maximum Gasteiger partial charge on any atom is 2.00 e. The van der Waals surface area contributed by atoms with Gasteiger partial charge in [0, 0.05) is 0 Å². The minimum absolute atomic E-state index is 0. The third-order valence-electron chi connectivity index (χ3n) is 8.29. The van der Waals surface area contributed by atoms with Gasteiger partial charge in [-0.25, -0.2) is 23.3 Å². The van der Waals surface area contributed by atoms with Gasteiger partial charge in [-0.1, -0.05) is 54.4 Å². The largest absolute Gasteiger partial charge is 2.00 e. The molecule has 2 saturated carbocycles. The van der Waals surface area contributed by atoms with Crippen molar-refractivity contribution in [2.75, 3.05) is 0 Å². The molecule has 0 spiro atoms. The summed E-state index contributed by atoms with van der Waals surface area (Å²) in [5, 5.41) is 0. The smallest absolute Gasteiger partial charge is 0.269 e.